The summed E-state index contributed by atoms with van der Waals surface area (Å²) in [6.45, 7) is 7.37. The average molecular weight is 657 g/mol. The van der Waals surface area contributed by atoms with E-state index in [4.69, 9.17) is 4.74 Å². The normalized spacial score (nSPS) is 15.1. The highest BCUT2D eigenvalue weighted by atomic mass is 19.1. The second kappa shape index (κ2) is 13.0. The Morgan fingerprint density at radius 3 is 2.40 bits per heavy atom. The minimum Gasteiger partial charge on any atom is -0.444 e. The van der Waals surface area contributed by atoms with Crippen molar-refractivity contribution in [1.82, 2.24) is 39.3 Å². The SMILES string of the molecule is Cn1cc(-c2ccc(CN3CCC(O)(Cn4cnc5c(-c6ccc(CNC(=O)OC(C)(C)C)cc6)n(C)nc5c4=O)CC3)c(F)c2)cn1. The maximum absolute atomic E-state index is 15.0. The predicted octanol–water partition coefficient (Wildman–Crippen LogP) is 4.39. The van der Waals surface area contributed by atoms with Crippen LogP contribution in [-0.4, -0.2) is 69.5 Å². The smallest absolute Gasteiger partial charge is 0.407 e. The number of halogens is 1. The van der Waals surface area contributed by atoms with Gasteiger partial charge in [-0.1, -0.05) is 36.4 Å². The molecule has 6 rings (SSSR count). The second-order valence-electron chi connectivity index (χ2n) is 13.6. The van der Waals surface area contributed by atoms with Crippen LogP contribution in [0.3, 0.4) is 0 Å². The first-order valence-electron chi connectivity index (χ1n) is 16.0. The first-order valence-corrected chi connectivity index (χ1v) is 16.0. The van der Waals surface area contributed by atoms with Crippen molar-refractivity contribution in [3.8, 4) is 22.4 Å². The Hall–Kier alpha value is -4.88. The number of fused-ring (bicyclic) bond motifs is 1. The van der Waals surface area contributed by atoms with Crippen molar-refractivity contribution in [2.24, 2.45) is 14.1 Å². The van der Waals surface area contributed by atoms with Gasteiger partial charge in [0.25, 0.3) is 5.56 Å². The molecular formula is C35H41FN8O4. The zero-order chi connectivity index (χ0) is 34.2. The number of aromatic nitrogens is 6. The lowest BCUT2D eigenvalue weighted by Crippen LogP contribution is -2.47. The van der Waals surface area contributed by atoms with Crippen molar-refractivity contribution >= 4 is 17.1 Å². The number of rotatable bonds is 8. The van der Waals surface area contributed by atoms with Crippen LogP contribution in [0.1, 0.15) is 44.7 Å². The molecular weight excluding hydrogens is 615 g/mol. The van der Waals surface area contributed by atoms with Gasteiger partial charge in [0, 0.05) is 63.2 Å². The van der Waals surface area contributed by atoms with Crippen LogP contribution in [0.25, 0.3) is 33.4 Å². The molecule has 1 fully saturated rings. The van der Waals surface area contributed by atoms with E-state index in [-0.39, 0.29) is 23.4 Å². The van der Waals surface area contributed by atoms with Gasteiger partial charge in [-0.05, 0) is 50.8 Å². The van der Waals surface area contributed by atoms with Gasteiger partial charge in [-0.3, -0.25) is 23.6 Å². The number of hydrogen-bond donors (Lipinski definition) is 2. The van der Waals surface area contributed by atoms with Gasteiger partial charge in [0.2, 0.25) is 0 Å². The second-order valence-corrected chi connectivity index (χ2v) is 13.6. The lowest BCUT2D eigenvalue weighted by atomic mass is 9.91. The van der Waals surface area contributed by atoms with E-state index in [0.29, 0.717) is 55.8 Å². The molecule has 1 amide bonds. The molecule has 0 spiro atoms. The molecule has 4 heterocycles. The summed E-state index contributed by atoms with van der Waals surface area (Å²) in [5.41, 5.74) is 3.29. The van der Waals surface area contributed by atoms with Crippen molar-refractivity contribution in [2.45, 2.75) is 64.4 Å². The van der Waals surface area contributed by atoms with E-state index in [0.717, 1.165) is 22.3 Å². The molecule has 3 aromatic heterocycles. The number of alkyl carbamates (subject to hydrolysis) is 1. The Balaban J connectivity index is 1.09. The number of likely N-dealkylation sites (tertiary alicyclic amines) is 1. The number of benzene rings is 2. The first-order chi connectivity index (χ1) is 22.8. The minimum absolute atomic E-state index is 0.0854. The van der Waals surface area contributed by atoms with Gasteiger partial charge in [0.15, 0.2) is 5.52 Å². The van der Waals surface area contributed by atoms with Gasteiger partial charge in [-0.25, -0.2) is 14.2 Å². The summed E-state index contributed by atoms with van der Waals surface area (Å²) in [5, 5.41) is 22.9. The van der Waals surface area contributed by atoms with Crippen molar-refractivity contribution in [3.63, 3.8) is 0 Å². The molecule has 2 N–H and O–H groups in total. The van der Waals surface area contributed by atoms with E-state index in [1.165, 1.54) is 17.0 Å². The summed E-state index contributed by atoms with van der Waals surface area (Å²) in [7, 11) is 3.59. The summed E-state index contributed by atoms with van der Waals surface area (Å²) in [6, 6.07) is 12.8. The van der Waals surface area contributed by atoms with Crippen LogP contribution in [-0.2, 0) is 38.5 Å². The van der Waals surface area contributed by atoms with E-state index in [2.05, 4.69) is 25.4 Å². The van der Waals surface area contributed by atoms with Crippen LogP contribution in [0.5, 0.6) is 0 Å². The first kappa shape index (κ1) is 33.0. The van der Waals surface area contributed by atoms with Crippen LogP contribution in [0.4, 0.5) is 9.18 Å². The third-order valence-electron chi connectivity index (χ3n) is 8.61. The summed E-state index contributed by atoms with van der Waals surface area (Å²) in [6.07, 6.45) is 5.39. The Kier molecular flexibility index (Phi) is 8.92. The highest BCUT2D eigenvalue weighted by Gasteiger charge is 2.34. The number of nitrogens with zero attached hydrogens (tertiary/aromatic N) is 7. The van der Waals surface area contributed by atoms with Gasteiger partial charge in [-0.15, -0.1) is 0 Å². The van der Waals surface area contributed by atoms with Gasteiger partial charge < -0.3 is 15.2 Å². The van der Waals surface area contributed by atoms with E-state index in [1.54, 1.807) is 28.7 Å². The lowest BCUT2D eigenvalue weighted by Gasteiger charge is -2.38. The number of piperidine rings is 1. The Morgan fingerprint density at radius 1 is 1.04 bits per heavy atom. The topological polar surface area (TPSA) is 132 Å². The van der Waals surface area contributed by atoms with Crippen molar-refractivity contribution in [3.05, 3.63) is 88.5 Å². The molecule has 0 radical (unpaired) electrons. The molecule has 2 aromatic carbocycles. The van der Waals surface area contributed by atoms with E-state index in [9.17, 15) is 19.1 Å². The third kappa shape index (κ3) is 7.32. The Morgan fingerprint density at radius 2 is 1.75 bits per heavy atom. The van der Waals surface area contributed by atoms with Gasteiger partial charge >= 0.3 is 6.09 Å². The zero-order valence-corrected chi connectivity index (χ0v) is 27.9. The maximum Gasteiger partial charge on any atom is 0.407 e. The van der Waals surface area contributed by atoms with Crippen LogP contribution in [0.2, 0.25) is 0 Å². The quantitative estimate of drug-likeness (QED) is 0.252. The number of carbonyl (C=O) groups excluding carboxylic acids is 1. The van der Waals surface area contributed by atoms with Crippen molar-refractivity contribution in [1.29, 1.82) is 0 Å². The molecule has 12 nitrogen and oxygen atoms in total. The third-order valence-corrected chi connectivity index (χ3v) is 8.61. The number of carbonyl (C=O) groups is 1. The Bertz CT molecular complexity index is 2000. The maximum atomic E-state index is 15.0. The van der Waals surface area contributed by atoms with Crippen molar-refractivity contribution < 1.29 is 19.0 Å². The van der Waals surface area contributed by atoms with E-state index >= 15 is 0 Å². The van der Waals surface area contributed by atoms with Crippen LogP contribution >= 0.6 is 0 Å². The molecule has 1 aliphatic rings. The van der Waals surface area contributed by atoms with Crippen molar-refractivity contribution in [2.75, 3.05) is 13.1 Å². The highest BCUT2D eigenvalue weighted by molar-refractivity contribution is 5.89. The fourth-order valence-corrected chi connectivity index (χ4v) is 6.07. The summed E-state index contributed by atoms with van der Waals surface area (Å²) >= 11 is 0. The molecule has 5 aromatic rings. The molecule has 48 heavy (non-hydrogen) atoms. The van der Waals surface area contributed by atoms with Gasteiger partial charge in [-0.2, -0.15) is 10.2 Å². The number of nitrogens with one attached hydrogen (secondary N) is 1. The van der Waals surface area contributed by atoms with Crippen LogP contribution in [0, 0.1) is 5.82 Å². The number of ether oxygens (including phenoxy) is 1. The number of amides is 1. The average Bonchev–Trinajstić information content (AvgIpc) is 3.62. The fraction of sp³-hybridized carbons (Fsp3) is 0.400. The summed E-state index contributed by atoms with van der Waals surface area (Å²) in [5.74, 6) is -0.274. The molecule has 0 bridgehead atoms. The zero-order valence-electron chi connectivity index (χ0n) is 27.9. The standard InChI is InChI=1S/C35H41FN8O4/c1-34(2,3)48-33(46)37-17-23-6-8-24(9-7-23)31-29-30(40-42(31)5)32(45)44(22-38-29)21-35(47)12-14-43(15-13-35)20-26-11-10-25(16-28(26)36)27-18-39-41(4)19-27/h6-11,16,18-19,22,47H,12-15,17,20-21H2,1-5H3,(H,37,46). The van der Waals surface area contributed by atoms with E-state index in [1.807, 2.05) is 64.3 Å². The lowest BCUT2D eigenvalue weighted by molar-refractivity contribution is -0.0366. The number of hydrogen-bond acceptors (Lipinski definition) is 8. The molecule has 0 atom stereocenters. The fourth-order valence-electron chi connectivity index (χ4n) is 6.07. The monoisotopic (exact) mass is 656 g/mol. The van der Waals surface area contributed by atoms with Gasteiger partial charge in [0.1, 0.15) is 16.9 Å². The molecule has 1 saturated heterocycles. The van der Waals surface area contributed by atoms with E-state index < -0.39 is 17.3 Å². The molecule has 0 aliphatic carbocycles. The van der Waals surface area contributed by atoms with Gasteiger partial charge in [0.05, 0.1) is 30.4 Å². The number of aryl methyl sites for hydroxylation is 2. The highest BCUT2D eigenvalue weighted by Crippen LogP contribution is 2.29. The summed E-state index contributed by atoms with van der Waals surface area (Å²) < 4.78 is 25.0. The van der Waals surface area contributed by atoms with Crippen LogP contribution < -0.4 is 10.9 Å². The summed E-state index contributed by atoms with van der Waals surface area (Å²) in [4.78, 5) is 32.3. The molecule has 1 aliphatic heterocycles. The molecule has 252 valence electrons. The Labute approximate surface area is 277 Å². The minimum atomic E-state index is -1.11. The molecule has 13 heteroatoms. The molecule has 0 saturated carbocycles. The predicted molar refractivity (Wildman–Crippen MR) is 179 cm³/mol. The van der Waals surface area contributed by atoms with Crippen LogP contribution in [0.15, 0.2) is 66.0 Å². The molecule has 0 unspecified atom stereocenters. The number of aliphatic hydroxyl groups is 1. The largest absolute Gasteiger partial charge is 0.444 e.